The second-order valence-corrected chi connectivity index (χ2v) is 6.48. The monoisotopic (exact) mass is 286 g/mol. The highest BCUT2D eigenvalue weighted by Gasteiger charge is 2.33. The van der Waals surface area contributed by atoms with Crippen LogP contribution in [0.4, 0.5) is 0 Å². The summed E-state index contributed by atoms with van der Waals surface area (Å²) in [5.74, 6) is 0. The lowest BCUT2D eigenvalue weighted by molar-refractivity contribution is 0.0983. The quantitative estimate of drug-likeness (QED) is 0.917. The van der Waals surface area contributed by atoms with Crippen LogP contribution in [0, 0.1) is 0 Å². The smallest absolute Gasteiger partial charge is 0.137 e. The minimum Gasteiger partial charge on any atom is -0.309 e. The summed E-state index contributed by atoms with van der Waals surface area (Å²) < 4.78 is 2.08. The number of nitrogens with one attached hydrogen (secondary N) is 1. The van der Waals surface area contributed by atoms with E-state index in [1.165, 1.54) is 32.1 Å². The van der Waals surface area contributed by atoms with Crippen molar-refractivity contribution in [3.8, 4) is 0 Å². The Morgan fingerprint density at radius 2 is 2.05 bits per heavy atom. The van der Waals surface area contributed by atoms with Crippen molar-refractivity contribution < 1.29 is 0 Å². The summed E-state index contributed by atoms with van der Waals surface area (Å²) in [4.78, 5) is 7.07. The summed E-state index contributed by atoms with van der Waals surface area (Å²) in [6, 6.07) is 6.11. The third-order valence-corrected chi connectivity index (χ3v) is 4.91. The van der Waals surface area contributed by atoms with Gasteiger partial charge in [0.25, 0.3) is 0 Å². The molecular weight excluding hydrogens is 260 g/mol. The Hall–Kier alpha value is -1.39. The molecule has 0 atom stereocenters. The summed E-state index contributed by atoms with van der Waals surface area (Å²) in [7, 11) is 4.44. The summed E-state index contributed by atoms with van der Waals surface area (Å²) in [5, 5.41) is 3.64. The molecule has 0 radical (unpaired) electrons. The third-order valence-electron chi connectivity index (χ3n) is 4.91. The van der Waals surface area contributed by atoms with E-state index in [0.29, 0.717) is 5.54 Å². The molecule has 1 aliphatic rings. The topological polar surface area (TPSA) is 32.6 Å². The minimum absolute atomic E-state index is 0.331. The van der Waals surface area contributed by atoms with Gasteiger partial charge in [0.05, 0.1) is 5.69 Å². The largest absolute Gasteiger partial charge is 0.309 e. The summed E-state index contributed by atoms with van der Waals surface area (Å²) in [6.45, 7) is 1.89. The van der Waals surface area contributed by atoms with Crippen molar-refractivity contribution in [2.75, 3.05) is 20.6 Å². The second-order valence-electron chi connectivity index (χ2n) is 6.48. The standard InChI is InChI=1S/C17H26N4/c1-20(2)17(9-5-3-6-10-17)14-18-12-15-13-21-11-7-4-8-16(21)19-15/h4,7-8,11,13,18H,3,5-6,9-10,12,14H2,1-2H3. The van der Waals surface area contributed by atoms with E-state index < -0.39 is 0 Å². The first-order valence-electron chi connectivity index (χ1n) is 8.00. The minimum atomic E-state index is 0.331. The van der Waals surface area contributed by atoms with Crippen LogP contribution in [0.5, 0.6) is 0 Å². The number of hydrogen-bond acceptors (Lipinski definition) is 3. The van der Waals surface area contributed by atoms with Crippen molar-refractivity contribution in [2.24, 2.45) is 0 Å². The third kappa shape index (κ3) is 3.11. The molecule has 4 heteroatoms. The van der Waals surface area contributed by atoms with E-state index in [0.717, 1.165) is 24.4 Å². The van der Waals surface area contributed by atoms with Crippen LogP contribution in [0.3, 0.4) is 0 Å². The Bertz CT molecular complexity index is 548. The van der Waals surface area contributed by atoms with Gasteiger partial charge in [0.1, 0.15) is 5.65 Å². The lowest BCUT2D eigenvalue weighted by atomic mass is 9.80. The first-order chi connectivity index (χ1) is 10.2. The van der Waals surface area contributed by atoms with E-state index in [1.807, 2.05) is 24.4 Å². The zero-order valence-electron chi connectivity index (χ0n) is 13.2. The average molecular weight is 286 g/mol. The van der Waals surface area contributed by atoms with Gasteiger partial charge in [0, 0.05) is 31.0 Å². The van der Waals surface area contributed by atoms with Crippen LogP contribution in [0.2, 0.25) is 0 Å². The van der Waals surface area contributed by atoms with Gasteiger partial charge in [-0.15, -0.1) is 0 Å². The predicted octanol–water partition coefficient (Wildman–Crippen LogP) is 2.69. The van der Waals surface area contributed by atoms with E-state index in [-0.39, 0.29) is 0 Å². The molecule has 0 aromatic carbocycles. The van der Waals surface area contributed by atoms with Crippen LogP contribution in [-0.2, 0) is 6.54 Å². The van der Waals surface area contributed by atoms with Gasteiger partial charge in [-0.1, -0.05) is 25.3 Å². The number of pyridine rings is 1. The van der Waals surface area contributed by atoms with Gasteiger partial charge in [-0.2, -0.15) is 0 Å². The number of nitrogens with zero attached hydrogens (tertiary/aromatic N) is 3. The Morgan fingerprint density at radius 3 is 2.76 bits per heavy atom. The molecule has 0 amide bonds. The van der Waals surface area contributed by atoms with Crippen LogP contribution < -0.4 is 5.32 Å². The molecule has 21 heavy (non-hydrogen) atoms. The maximum Gasteiger partial charge on any atom is 0.137 e. The highest BCUT2D eigenvalue weighted by atomic mass is 15.2. The Balaban J connectivity index is 1.61. The van der Waals surface area contributed by atoms with Crippen LogP contribution in [0.1, 0.15) is 37.8 Å². The molecule has 0 saturated heterocycles. The zero-order valence-corrected chi connectivity index (χ0v) is 13.2. The maximum absolute atomic E-state index is 4.65. The van der Waals surface area contributed by atoms with Gasteiger partial charge in [0.15, 0.2) is 0 Å². The van der Waals surface area contributed by atoms with Gasteiger partial charge in [-0.25, -0.2) is 4.98 Å². The fraction of sp³-hybridized carbons (Fsp3) is 0.588. The van der Waals surface area contributed by atoms with Crippen molar-refractivity contribution in [2.45, 2.75) is 44.2 Å². The van der Waals surface area contributed by atoms with Crippen LogP contribution in [0.15, 0.2) is 30.6 Å². The number of rotatable bonds is 5. The zero-order chi connectivity index (χ0) is 14.7. The highest BCUT2D eigenvalue weighted by Crippen LogP contribution is 2.31. The van der Waals surface area contributed by atoms with E-state index in [4.69, 9.17) is 0 Å². The van der Waals surface area contributed by atoms with Crippen LogP contribution in [-0.4, -0.2) is 40.5 Å². The number of likely N-dealkylation sites (N-methyl/N-ethyl adjacent to an activating group) is 1. The molecule has 1 N–H and O–H groups in total. The molecule has 1 fully saturated rings. The van der Waals surface area contributed by atoms with Gasteiger partial charge < -0.3 is 14.6 Å². The van der Waals surface area contributed by atoms with E-state index in [9.17, 15) is 0 Å². The lowest BCUT2D eigenvalue weighted by Gasteiger charge is -2.43. The number of aromatic nitrogens is 2. The van der Waals surface area contributed by atoms with Gasteiger partial charge >= 0.3 is 0 Å². The summed E-state index contributed by atoms with van der Waals surface area (Å²) >= 11 is 0. The molecule has 0 spiro atoms. The van der Waals surface area contributed by atoms with Crippen molar-refractivity contribution in [3.63, 3.8) is 0 Å². The molecule has 2 aromatic rings. The van der Waals surface area contributed by atoms with Crippen molar-refractivity contribution in [1.82, 2.24) is 19.6 Å². The van der Waals surface area contributed by atoms with Crippen molar-refractivity contribution in [3.05, 3.63) is 36.3 Å². The first kappa shape index (κ1) is 14.5. The summed E-state index contributed by atoms with van der Waals surface area (Å²) in [6.07, 6.45) is 10.9. The predicted molar refractivity (Wildman–Crippen MR) is 86.4 cm³/mol. The lowest BCUT2D eigenvalue weighted by Crippen LogP contribution is -2.52. The average Bonchev–Trinajstić information content (AvgIpc) is 2.90. The second kappa shape index (κ2) is 6.16. The molecule has 0 unspecified atom stereocenters. The maximum atomic E-state index is 4.65. The molecule has 1 saturated carbocycles. The fourth-order valence-corrected chi connectivity index (χ4v) is 3.49. The van der Waals surface area contributed by atoms with Gasteiger partial charge in [-0.05, 0) is 39.1 Å². The molecule has 0 aliphatic heterocycles. The number of imidazole rings is 1. The molecule has 1 aliphatic carbocycles. The van der Waals surface area contributed by atoms with E-state index in [2.05, 4.69) is 39.9 Å². The van der Waals surface area contributed by atoms with Gasteiger partial charge in [0.2, 0.25) is 0 Å². The first-order valence-corrected chi connectivity index (χ1v) is 8.00. The van der Waals surface area contributed by atoms with E-state index >= 15 is 0 Å². The highest BCUT2D eigenvalue weighted by molar-refractivity contribution is 5.39. The summed E-state index contributed by atoms with van der Waals surface area (Å²) in [5.41, 5.74) is 2.47. The van der Waals surface area contributed by atoms with E-state index in [1.54, 1.807) is 0 Å². The van der Waals surface area contributed by atoms with Crippen LogP contribution >= 0.6 is 0 Å². The molecule has 0 bridgehead atoms. The molecule has 114 valence electrons. The molecule has 2 heterocycles. The Morgan fingerprint density at radius 1 is 1.24 bits per heavy atom. The van der Waals surface area contributed by atoms with Crippen molar-refractivity contribution >= 4 is 5.65 Å². The Labute approximate surface area is 127 Å². The molecule has 3 rings (SSSR count). The SMILES string of the molecule is CN(C)C1(CNCc2cn3ccccc3n2)CCCCC1. The normalized spacial score (nSPS) is 18.4. The molecule has 4 nitrogen and oxygen atoms in total. The molecule has 2 aromatic heterocycles. The number of fused-ring (bicyclic) bond motifs is 1. The Kier molecular flexibility index (Phi) is 4.27. The van der Waals surface area contributed by atoms with Crippen molar-refractivity contribution in [1.29, 1.82) is 0 Å². The number of hydrogen-bond donors (Lipinski definition) is 1. The van der Waals surface area contributed by atoms with Gasteiger partial charge in [-0.3, -0.25) is 0 Å². The fourth-order valence-electron chi connectivity index (χ4n) is 3.49. The van der Waals surface area contributed by atoms with Crippen LogP contribution in [0.25, 0.3) is 5.65 Å². The molecular formula is C17H26N4.